The van der Waals surface area contributed by atoms with Crippen molar-refractivity contribution < 1.29 is 0 Å². The molecule has 0 aliphatic carbocycles. The molecule has 1 N–H and O–H groups in total. The molecule has 2 saturated heterocycles. The molecule has 3 rings (SSSR count). The molecule has 2 unspecified atom stereocenters. The first-order valence-electron chi connectivity index (χ1n) is 8.32. The van der Waals surface area contributed by atoms with E-state index in [2.05, 4.69) is 34.8 Å². The van der Waals surface area contributed by atoms with Gasteiger partial charge in [-0.25, -0.2) is 4.98 Å². The van der Waals surface area contributed by atoms with Gasteiger partial charge in [0, 0.05) is 31.4 Å². The van der Waals surface area contributed by atoms with Crippen molar-refractivity contribution >= 4 is 5.95 Å². The lowest BCUT2D eigenvalue weighted by Crippen LogP contribution is -2.42. The number of hydrogen-bond donors (Lipinski definition) is 1. The van der Waals surface area contributed by atoms with Gasteiger partial charge >= 0.3 is 0 Å². The van der Waals surface area contributed by atoms with Crippen LogP contribution in [0.2, 0.25) is 0 Å². The molecule has 0 bridgehead atoms. The topological polar surface area (TPSA) is 33.1 Å². The van der Waals surface area contributed by atoms with Gasteiger partial charge in [-0.1, -0.05) is 19.8 Å². The summed E-state index contributed by atoms with van der Waals surface area (Å²) in [5.74, 6) is 1.09. The molecule has 1 aromatic heterocycles. The second kappa shape index (κ2) is 6.17. The fourth-order valence-corrected chi connectivity index (χ4v) is 3.74. The number of anilines is 1. The molecular weight excluding hydrogens is 248 g/mol. The van der Waals surface area contributed by atoms with E-state index in [1.807, 2.05) is 0 Å². The van der Waals surface area contributed by atoms with Gasteiger partial charge in [-0.3, -0.25) is 4.90 Å². The number of aryl methyl sites for hydroxylation is 2. The number of nitrogens with one attached hydrogen (secondary N) is 1. The highest BCUT2D eigenvalue weighted by Gasteiger charge is 2.35. The van der Waals surface area contributed by atoms with E-state index < -0.39 is 0 Å². The molecule has 4 heteroatoms. The summed E-state index contributed by atoms with van der Waals surface area (Å²) in [5, 5.41) is 3.75. The summed E-state index contributed by atoms with van der Waals surface area (Å²) >= 11 is 0. The third-order valence-corrected chi connectivity index (χ3v) is 4.82. The summed E-state index contributed by atoms with van der Waals surface area (Å²) in [4.78, 5) is 7.37. The number of piperidine rings is 1. The van der Waals surface area contributed by atoms with Gasteiger partial charge in [-0.05, 0) is 39.2 Å². The molecule has 0 spiro atoms. The van der Waals surface area contributed by atoms with E-state index in [1.54, 1.807) is 0 Å². The maximum atomic E-state index is 4.70. The zero-order valence-electron chi connectivity index (χ0n) is 12.9. The van der Waals surface area contributed by atoms with E-state index in [4.69, 9.17) is 4.98 Å². The smallest absolute Gasteiger partial charge is 0.203 e. The van der Waals surface area contributed by atoms with Crippen LogP contribution in [0.5, 0.6) is 0 Å². The lowest BCUT2D eigenvalue weighted by molar-refractivity contribution is 0.192. The fraction of sp³-hybridized carbons (Fsp3) is 0.812. The van der Waals surface area contributed by atoms with Crippen molar-refractivity contribution in [3.05, 3.63) is 11.9 Å². The first kappa shape index (κ1) is 13.9. The molecule has 1 aromatic rings. The van der Waals surface area contributed by atoms with E-state index in [-0.39, 0.29) is 0 Å². The van der Waals surface area contributed by atoms with Gasteiger partial charge in [0.05, 0.1) is 5.69 Å². The van der Waals surface area contributed by atoms with E-state index in [1.165, 1.54) is 51.6 Å². The molecule has 112 valence electrons. The molecule has 2 fully saturated rings. The van der Waals surface area contributed by atoms with Gasteiger partial charge in [0.1, 0.15) is 0 Å². The predicted octanol–water partition coefficient (Wildman–Crippen LogP) is 3.03. The van der Waals surface area contributed by atoms with Crippen LogP contribution in [0.25, 0.3) is 0 Å². The number of imidazole rings is 1. The highest BCUT2D eigenvalue weighted by Crippen LogP contribution is 2.29. The highest BCUT2D eigenvalue weighted by atomic mass is 15.3. The summed E-state index contributed by atoms with van der Waals surface area (Å²) in [5.41, 5.74) is 1.13. The normalized spacial score (nSPS) is 26.7. The van der Waals surface area contributed by atoms with Gasteiger partial charge in [-0.15, -0.1) is 0 Å². The van der Waals surface area contributed by atoms with Crippen LogP contribution in [-0.4, -0.2) is 39.6 Å². The van der Waals surface area contributed by atoms with Gasteiger partial charge in [0.2, 0.25) is 5.95 Å². The Morgan fingerprint density at radius 2 is 2.20 bits per heavy atom. The lowest BCUT2D eigenvalue weighted by Gasteiger charge is -2.32. The third kappa shape index (κ3) is 2.85. The van der Waals surface area contributed by atoms with Crippen LogP contribution in [0, 0.1) is 6.92 Å². The molecule has 2 atom stereocenters. The molecule has 20 heavy (non-hydrogen) atoms. The van der Waals surface area contributed by atoms with E-state index >= 15 is 0 Å². The van der Waals surface area contributed by atoms with E-state index in [9.17, 15) is 0 Å². The minimum absolute atomic E-state index is 0.595. The van der Waals surface area contributed by atoms with Crippen molar-refractivity contribution in [3.8, 4) is 0 Å². The average molecular weight is 276 g/mol. The standard InChI is InChI=1S/C16H28N4/c1-3-4-9-20-12-13(2)17-16(20)18-14-8-11-19-10-6-5-7-15(14)19/h12,14-15H,3-11H2,1-2H3,(H,17,18). The second-order valence-electron chi connectivity index (χ2n) is 6.39. The molecule has 0 aromatic carbocycles. The molecule has 4 nitrogen and oxygen atoms in total. The number of nitrogens with zero attached hydrogens (tertiary/aromatic N) is 3. The van der Waals surface area contributed by atoms with Gasteiger partial charge in [0.25, 0.3) is 0 Å². The Labute approximate surface area is 122 Å². The number of aromatic nitrogens is 2. The van der Waals surface area contributed by atoms with Crippen LogP contribution < -0.4 is 5.32 Å². The van der Waals surface area contributed by atoms with Gasteiger partial charge < -0.3 is 9.88 Å². The van der Waals surface area contributed by atoms with Crippen molar-refractivity contribution in [1.82, 2.24) is 14.5 Å². The van der Waals surface area contributed by atoms with Crippen molar-refractivity contribution in [1.29, 1.82) is 0 Å². The van der Waals surface area contributed by atoms with Crippen molar-refractivity contribution in [2.45, 2.75) is 71.0 Å². The molecule has 0 amide bonds. The number of rotatable bonds is 5. The first-order valence-corrected chi connectivity index (χ1v) is 8.32. The molecule has 2 aliphatic rings. The Morgan fingerprint density at radius 1 is 1.30 bits per heavy atom. The maximum absolute atomic E-state index is 4.70. The summed E-state index contributed by atoms with van der Waals surface area (Å²) in [6, 6.07) is 1.33. The third-order valence-electron chi connectivity index (χ3n) is 4.82. The van der Waals surface area contributed by atoms with Crippen molar-refractivity contribution in [2.75, 3.05) is 18.4 Å². The van der Waals surface area contributed by atoms with Gasteiger partial charge in [-0.2, -0.15) is 0 Å². The quantitative estimate of drug-likeness (QED) is 0.897. The van der Waals surface area contributed by atoms with Crippen molar-refractivity contribution in [2.24, 2.45) is 0 Å². The Hall–Kier alpha value is -1.03. The number of unbranched alkanes of at least 4 members (excludes halogenated alkanes) is 1. The second-order valence-corrected chi connectivity index (χ2v) is 6.39. The fourth-order valence-electron chi connectivity index (χ4n) is 3.74. The number of fused-ring (bicyclic) bond motifs is 1. The largest absolute Gasteiger partial charge is 0.351 e. The molecule has 2 aliphatic heterocycles. The maximum Gasteiger partial charge on any atom is 0.203 e. The Morgan fingerprint density at radius 3 is 3.05 bits per heavy atom. The summed E-state index contributed by atoms with van der Waals surface area (Å²) in [6.07, 6.45) is 10.0. The molecule has 0 radical (unpaired) electrons. The minimum Gasteiger partial charge on any atom is -0.351 e. The number of hydrogen-bond acceptors (Lipinski definition) is 3. The zero-order chi connectivity index (χ0) is 13.9. The van der Waals surface area contributed by atoms with Crippen LogP contribution in [0.1, 0.15) is 51.1 Å². The van der Waals surface area contributed by atoms with E-state index in [0.717, 1.165) is 24.2 Å². The first-order chi connectivity index (χ1) is 9.78. The van der Waals surface area contributed by atoms with Crippen molar-refractivity contribution in [3.63, 3.8) is 0 Å². The zero-order valence-corrected chi connectivity index (χ0v) is 12.9. The average Bonchev–Trinajstić information content (AvgIpc) is 3.01. The molecule has 3 heterocycles. The Kier molecular flexibility index (Phi) is 4.29. The van der Waals surface area contributed by atoms with Crippen LogP contribution in [-0.2, 0) is 6.54 Å². The van der Waals surface area contributed by atoms with Crippen LogP contribution in [0.15, 0.2) is 6.20 Å². The summed E-state index contributed by atoms with van der Waals surface area (Å²) in [6.45, 7) is 7.98. The Balaban J connectivity index is 1.68. The summed E-state index contributed by atoms with van der Waals surface area (Å²) < 4.78 is 2.31. The van der Waals surface area contributed by atoms with Crippen LogP contribution in [0.4, 0.5) is 5.95 Å². The SMILES string of the molecule is CCCCn1cc(C)nc1NC1CCN2CCCCC12. The predicted molar refractivity (Wildman–Crippen MR) is 83.1 cm³/mol. The lowest BCUT2D eigenvalue weighted by atomic mass is 9.99. The van der Waals surface area contributed by atoms with Gasteiger partial charge in [0.15, 0.2) is 0 Å². The Bertz CT molecular complexity index is 440. The van der Waals surface area contributed by atoms with Crippen LogP contribution in [0.3, 0.4) is 0 Å². The highest BCUT2D eigenvalue weighted by molar-refractivity contribution is 5.31. The van der Waals surface area contributed by atoms with Crippen LogP contribution >= 0.6 is 0 Å². The monoisotopic (exact) mass is 276 g/mol. The molecular formula is C16H28N4. The van der Waals surface area contributed by atoms with E-state index in [0.29, 0.717) is 6.04 Å². The molecule has 0 saturated carbocycles. The summed E-state index contributed by atoms with van der Waals surface area (Å²) in [7, 11) is 0. The minimum atomic E-state index is 0.595.